The largest absolute Gasteiger partial charge is 0.444 e. The van der Waals surface area contributed by atoms with Crippen molar-refractivity contribution in [3.63, 3.8) is 0 Å². The van der Waals surface area contributed by atoms with Gasteiger partial charge < -0.3 is 9.73 Å². The molecule has 0 bridgehead atoms. The Morgan fingerprint density at radius 1 is 1.11 bits per heavy atom. The fourth-order valence-corrected chi connectivity index (χ4v) is 1.75. The molecule has 94 valence electrons. The van der Waals surface area contributed by atoms with Crippen LogP contribution in [0.2, 0.25) is 0 Å². The van der Waals surface area contributed by atoms with Crippen molar-refractivity contribution in [1.82, 2.24) is 15.0 Å². The van der Waals surface area contributed by atoms with E-state index in [0.717, 1.165) is 22.7 Å². The van der Waals surface area contributed by atoms with Crippen LogP contribution < -0.4 is 5.32 Å². The van der Waals surface area contributed by atoms with Gasteiger partial charge in [0.2, 0.25) is 0 Å². The Kier molecular flexibility index (Phi) is 3.18. The van der Waals surface area contributed by atoms with E-state index < -0.39 is 0 Å². The molecule has 5 nitrogen and oxygen atoms in total. The van der Waals surface area contributed by atoms with Crippen molar-refractivity contribution in [3.8, 4) is 11.3 Å². The number of oxazole rings is 1. The van der Waals surface area contributed by atoms with Gasteiger partial charge >= 0.3 is 0 Å². The summed E-state index contributed by atoms with van der Waals surface area (Å²) >= 11 is 0. The standard InChI is InChI=1S/C14H12N4O/c1-2-11(14-9-16-10-19-14)6-12(3-1)18-8-13-7-15-4-5-17-13/h1-7,9-10,18H,8H2. The molecule has 0 atom stereocenters. The van der Waals surface area contributed by atoms with Crippen molar-refractivity contribution in [1.29, 1.82) is 0 Å². The topological polar surface area (TPSA) is 63.8 Å². The molecular weight excluding hydrogens is 240 g/mol. The molecule has 2 heterocycles. The molecule has 0 aliphatic rings. The van der Waals surface area contributed by atoms with Gasteiger partial charge in [0, 0.05) is 23.6 Å². The Morgan fingerprint density at radius 2 is 2.11 bits per heavy atom. The molecule has 3 aromatic rings. The Balaban J connectivity index is 1.74. The first kappa shape index (κ1) is 11.4. The third kappa shape index (κ3) is 2.77. The third-order valence-corrected chi connectivity index (χ3v) is 2.67. The molecule has 2 aromatic heterocycles. The number of nitrogens with zero attached hydrogens (tertiary/aromatic N) is 3. The van der Waals surface area contributed by atoms with Crippen molar-refractivity contribution in [2.24, 2.45) is 0 Å². The molecule has 1 N–H and O–H groups in total. The van der Waals surface area contributed by atoms with Crippen LogP contribution in [-0.4, -0.2) is 15.0 Å². The molecule has 0 aliphatic heterocycles. The fourth-order valence-electron chi connectivity index (χ4n) is 1.75. The minimum absolute atomic E-state index is 0.633. The average Bonchev–Trinajstić information content (AvgIpc) is 3.01. The fraction of sp³-hybridized carbons (Fsp3) is 0.0714. The Hall–Kier alpha value is -2.69. The summed E-state index contributed by atoms with van der Waals surface area (Å²) in [6.45, 7) is 0.633. The highest BCUT2D eigenvalue weighted by molar-refractivity contribution is 5.63. The van der Waals surface area contributed by atoms with Gasteiger partial charge in [0.1, 0.15) is 0 Å². The summed E-state index contributed by atoms with van der Waals surface area (Å²) in [5.41, 5.74) is 2.88. The molecule has 5 heteroatoms. The second-order valence-corrected chi connectivity index (χ2v) is 4.00. The number of benzene rings is 1. The maximum absolute atomic E-state index is 5.28. The summed E-state index contributed by atoms with van der Waals surface area (Å²) in [6, 6.07) is 7.96. The molecule has 1 aromatic carbocycles. The van der Waals surface area contributed by atoms with Gasteiger partial charge in [-0.05, 0) is 12.1 Å². The zero-order valence-corrected chi connectivity index (χ0v) is 10.2. The normalized spacial score (nSPS) is 10.3. The van der Waals surface area contributed by atoms with Gasteiger partial charge in [-0.15, -0.1) is 0 Å². The van der Waals surface area contributed by atoms with E-state index in [1.54, 1.807) is 24.8 Å². The number of aromatic nitrogens is 3. The zero-order valence-electron chi connectivity index (χ0n) is 10.2. The van der Waals surface area contributed by atoms with Crippen molar-refractivity contribution < 1.29 is 4.42 Å². The van der Waals surface area contributed by atoms with Crippen LogP contribution in [0.25, 0.3) is 11.3 Å². The van der Waals surface area contributed by atoms with Gasteiger partial charge in [0.25, 0.3) is 0 Å². The summed E-state index contributed by atoms with van der Waals surface area (Å²) in [6.07, 6.45) is 8.21. The van der Waals surface area contributed by atoms with E-state index in [4.69, 9.17) is 4.42 Å². The lowest BCUT2D eigenvalue weighted by atomic mass is 10.1. The Bertz CT molecular complexity index is 638. The van der Waals surface area contributed by atoms with Crippen LogP contribution in [0.1, 0.15) is 5.69 Å². The molecule has 0 spiro atoms. The second kappa shape index (κ2) is 5.30. The summed E-state index contributed by atoms with van der Waals surface area (Å²) in [4.78, 5) is 12.2. The number of anilines is 1. The second-order valence-electron chi connectivity index (χ2n) is 4.00. The number of hydrogen-bond acceptors (Lipinski definition) is 5. The van der Waals surface area contributed by atoms with Gasteiger partial charge in [0.05, 0.1) is 24.6 Å². The highest BCUT2D eigenvalue weighted by atomic mass is 16.3. The first-order valence-corrected chi connectivity index (χ1v) is 5.89. The van der Waals surface area contributed by atoms with Crippen molar-refractivity contribution in [3.05, 3.63) is 61.1 Å². The smallest absolute Gasteiger partial charge is 0.181 e. The molecule has 0 aliphatic carbocycles. The van der Waals surface area contributed by atoms with Crippen molar-refractivity contribution in [2.75, 3.05) is 5.32 Å². The number of rotatable bonds is 4. The van der Waals surface area contributed by atoms with E-state index in [1.165, 1.54) is 6.39 Å². The van der Waals surface area contributed by atoms with Crippen molar-refractivity contribution in [2.45, 2.75) is 6.54 Å². The lowest BCUT2D eigenvalue weighted by Crippen LogP contribution is -2.01. The van der Waals surface area contributed by atoms with Crippen LogP contribution in [0.3, 0.4) is 0 Å². The van der Waals surface area contributed by atoms with Crippen LogP contribution in [0.4, 0.5) is 5.69 Å². The molecule has 0 radical (unpaired) electrons. The van der Waals surface area contributed by atoms with E-state index in [-0.39, 0.29) is 0 Å². The highest BCUT2D eigenvalue weighted by Crippen LogP contribution is 2.22. The van der Waals surface area contributed by atoms with Crippen LogP contribution in [0.5, 0.6) is 0 Å². The number of nitrogens with one attached hydrogen (secondary N) is 1. The average molecular weight is 252 g/mol. The minimum Gasteiger partial charge on any atom is -0.444 e. The molecule has 0 unspecified atom stereocenters. The summed E-state index contributed by atoms with van der Waals surface area (Å²) < 4.78 is 5.28. The predicted molar refractivity (Wildman–Crippen MR) is 71.3 cm³/mol. The van der Waals surface area contributed by atoms with Gasteiger partial charge in [-0.25, -0.2) is 4.98 Å². The highest BCUT2D eigenvalue weighted by Gasteiger charge is 2.02. The Labute approximate surface area is 110 Å². The maximum atomic E-state index is 5.28. The van der Waals surface area contributed by atoms with Crippen LogP contribution in [0.15, 0.2) is 59.9 Å². The van der Waals surface area contributed by atoms with E-state index in [9.17, 15) is 0 Å². The van der Waals surface area contributed by atoms with Crippen LogP contribution >= 0.6 is 0 Å². The lowest BCUT2D eigenvalue weighted by Gasteiger charge is -2.06. The molecule has 3 rings (SSSR count). The lowest BCUT2D eigenvalue weighted by molar-refractivity contribution is 0.572. The molecular formula is C14H12N4O. The minimum atomic E-state index is 0.633. The molecule has 19 heavy (non-hydrogen) atoms. The van der Waals surface area contributed by atoms with E-state index in [2.05, 4.69) is 20.3 Å². The van der Waals surface area contributed by atoms with E-state index >= 15 is 0 Å². The summed E-state index contributed by atoms with van der Waals surface area (Å²) in [5.74, 6) is 0.753. The molecule has 0 saturated carbocycles. The molecule has 0 amide bonds. The van der Waals surface area contributed by atoms with Gasteiger partial charge in [0.15, 0.2) is 12.2 Å². The zero-order chi connectivity index (χ0) is 12.9. The Morgan fingerprint density at radius 3 is 2.89 bits per heavy atom. The first-order valence-electron chi connectivity index (χ1n) is 5.89. The predicted octanol–water partition coefficient (Wildman–Crippen LogP) is 2.74. The summed E-state index contributed by atoms with van der Waals surface area (Å²) in [5, 5.41) is 3.30. The summed E-state index contributed by atoms with van der Waals surface area (Å²) in [7, 11) is 0. The van der Waals surface area contributed by atoms with Crippen molar-refractivity contribution >= 4 is 5.69 Å². The van der Waals surface area contributed by atoms with Gasteiger partial charge in [-0.2, -0.15) is 0 Å². The van der Waals surface area contributed by atoms with Gasteiger partial charge in [-0.1, -0.05) is 12.1 Å². The first-order chi connectivity index (χ1) is 9.42. The van der Waals surface area contributed by atoms with Gasteiger partial charge in [-0.3, -0.25) is 9.97 Å². The van der Waals surface area contributed by atoms with E-state index in [1.807, 2.05) is 24.3 Å². The SMILES string of the molecule is c1cc(NCc2cnccn2)cc(-c2cnco2)c1. The number of hydrogen-bond donors (Lipinski definition) is 1. The van der Waals surface area contributed by atoms with Crippen LogP contribution in [0, 0.1) is 0 Å². The quantitative estimate of drug-likeness (QED) is 0.773. The molecule has 0 fully saturated rings. The molecule has 0 saturated heterocycles. The van der Waals surface area contributed by atoms with E-state index in [0.29, 0.717) is 6.54 Å². The van der Waals surface area contributed by atoms with Crippen LogP contribution in [-0.2, 0) is 6.54 Å². The maximum Gasteiger partial charge on any atom is 0.181 e. The third-order valence-electron chi connectivity index (χ3n) is 2.67. The monoisotopic (exact) mass is 252 g/mol.